The maximum absolute atomic E-state index is 4.68. The first kappa shape index (κ1) is 11.3. The van der Waals surface area contributed by atoms with Crippen LogP contribution in [-0.4, -0.2) is 18.6 Å². The summed E-state index contributed by atoms with van der Waals surface area (Å²) in [4.78, 5) is 4.68. The normalized spacial score (nSPS) is 12.6. The van der Waals surface area contributed by atoms with Crippen molar-refractivity contribution in [2.75, 3.05) is 13.6 Å². The van der Waals surface area contributed by atoms with Crippen molar-refractivity contribution in [2.45, 2.75) is 12.8 Å². The van der Waals surface area contributed by atoms with Crippen molar-refractivity contribution in [1.29, 1.82) is 0 Å². The van der Waals surface area contributed by atoms with Crippen molar-refractivity contribution >= 4 is 11.3 Å². The van der Waals surface area contributed by atoms with Gasteiger partial charge in [-0.15, -0.1) is 11.3 Å². The minimum absolute atomic E-state index is 0.479. The van der Waals surface area contributed by atoms with Gasteiger partial charge >= 0.3 is 0 Å². The zero-order valence-electron chi connectivity index (χ0n) is 9.60. The zero-order chi connectivity index (χ0) is 11.4. The summed E-state index contributed by atoms with van der Waals surface area (Å²) in [6, 6.07) is 10.3. The second kappa shape index (κ2) is 5.23. The lowest BCUT2D eigenvalue weighted by Gasteiger charge is -2.05. The van der Waals surface area contributed by atoms with Gasteiger partial charge in [0.25, 0.3) is 0 Å². The molecule has 2 aromatic rings. The highest BCUT2D eigenvalue weighted by Gasteiger charge is 2.10. The van der Waals surface area contributed by atoms with Gasteiger partial charge in [0.05, 0.1) is 10.7 Å². The fourth-order valence-electron chi connectivity index (χ4n) is 1.65. The maximum Gasteiger partial charge on any atom is 0.0973 e. The van der Waals surface area contributed by atoms with E-state index < -0.39 is 0 Å². The third kappa shape index (κ3) is 2.49. The molecule has 3 heteroatoms. The van der Waals surface area contributed by atoms with Crippen LogP contribution in [0.25, 0.3) is 11.3 Å². The number of nitrogens with zero attached hydrogens (tertiary/aromatic N) is 1. The molecule has 0 bridgehead atoms. The van der Waals surface area contributed by atoms with Crippen molar-refractivity contribution in [2.24, 2.45) is 0 Å². The van der Waals surface area contributed by atoms with Crippen LogP contribution < -0.4 is 5.32 Å². The molecule has 1 N–H and O–H groups in total. The van der Waals surface area contributed by atoms with E-state index in [0.717, 1.165) is 12.2 Å². The highest BCUT2D eigenvalue weighted by atomic mass is 32.1. The van der Waals surface area contributed by atoms with Crippen molar-refractivity contribution in [3.63, 3.8) is 0 Å². The Morgan fingerprint density at radius 3 is 2.75 bits per heavy atom. The average Bonchev–Trinajstić information content (AvgIpc) is 2.80. The van der Waals surface area contributed by atoms with Gasteiger partial charge in [0.15, 0.2) is 0 Å². The summed E-state index contributed by atoms with van der Waals surface area (Å²) in [5.41, 5.74) is 2.28. The van der Waals surface area contributed by atoms with E-state index >= 15 is 0 Å². The van der Waals surface area contributed by atoms with Crippen LogP contribution in [0.2, 0.25) is 0 Å². The molecule has 1 aromatic heterocycles. The number of nitrogens with one attached hydrogen (secondary N) is 1. The van der Waals surface area contributed by atoms with Crippen LogP contribution in [0.15, 0.2) is 35.7 Å². The van der Waals surface area contributed by atoms with Gasteiger partial charge in [-0.2, -0.15) is 0 Å². The molecule has 0 saturated heterocycles. The molecule has 1 atom stereocenters. The van der Waals surface area contributed by atoms with E-state index in [-0.39, 0.29) is 0 Å². The lowest BCUT2D eigenvalue weighted by molar-refractivity contribution is 0.674. The van der Waals surface area contributed by atoms with E-state index in [9.17, 15) is 0 Å². The molecular weight excluding hydrogens is 216 g/mol. The maximum atomic E-state index is 4.68. The van der Waals surface area contributed by atoms with Crippen molar-refractivity contribution in [1.82, 2.24) is 10.3 Å². The third-order valence-corrected chi connectivity index (χ3v) is 3.60. The summed E-state index contributed by atoms with van der Waals surface area (Å²) in [6.45, 7) is 3.17. The molecule has 2 rings (SSSR count). The van der Waals surface area contributed by atoms with Gasteiger partial charge in [-0.3, -0.25) is 0 Å². The molecule has 16 heavy (non-hydrogen) atoms. The third-order valence-electron chi connectivity index (χ3n) is 2.52. The van der Waals surface area contributed by atoms with Gasteiger partial charge in [0, 0.05) is 23.4 Å². The Labute approximate surface area is 100 Å². The van der Waals surface area contributed by atoms with Gasteiger partial charge in [-0.25, -0.2) is 4.98 Å². The molecule has 0 spiro atoms. The first-order chi connectivity index (χ1) is 7.81. The van der Waals surface area contributed by atoms with E-state index in [0.29, 0.717) is 5.92 Å². The fraction of sp³-hybridized carbons (Fsp3) is 0.308. The number of benzene rings is 1. The summed E-state index contributed by atoms with van der Waals surface area (Å²) >= 11 is 1.74. The van der Waals surface area contributed by atoms with Crippen LogP contribution >= 0.6 is 11.3 Å². The Kier molecular flexibility index (Phi) is 3.70. The van der Waals surface area contributed by atoms with Crippen molar-refractivity contribution in [3.8, 4) is 11.3 Å². The van der Waals surface area contributed by atoms with Crippen LogP contribution in [0.5, 0.6) is 0 Å². The lowest BCUT2D eigenvalue weighted by Crippen LogP contribution is -2.14. The largest absolute Gasteiger partial charge is 0.319 e. The molecule has 0 radical (unpaired) electrons. The van der Waals surface area contributed by atoms with E-state index in [2.05, 4.69) is 34.7 Å². The van der Waals surface area contributed by atoms with Crippen LogP contribution in [0.3, 0.4) is 0 Å². The molecule has 0 saturated carbocycles. The molecule has 1 aromatic carbocycles. The summed E-state index contributed by atoms with van der Waals surface area (Å²) in [5, 5.41) is 6.52. The van der Waals surface area contributed by atoms with E-state index in [1.807, 2.05) is 25.2 Å². The smallest absolute Gasteiger partial charge is 0.0973 e. The SMILES string of the molecule is CNCC(C)c1nc(-c2ccccc2)cs1. The molecule has 84 valence electrons. The highest BCUT2D eigenvalue weighted by molar-refractivity contribution is 7.10. The molecular formula is C13H16N2S. The van der Waals surface area contributed by atoms with Crippen LogP contribution in [-0.2, 0) is 0 Å². The molecule has 0 amide bonds. The predicted octanol–water partition coefficient (Wildman–Crippen LogP) is 3.13. The zero-order valence-corrected chi connectivity index (χ0v) is 10.4. The summed E-state index contributed by atoms with van der Waals surface area (Å²) < 4.78 is 0. The van der Waals surface area contributed by atoms with E-state index in [4.69, 9.17) is 0 Å². The van der Waals surface area contributed by atoms with Gasteiger partial charge in [0.1, 0.15) is 0 Å². The van der Waals surface area contributed by atoms with Crippen LogP contribution in [0.1, 0.15) is 17.8 Å². The summed E-state index contributed by atoms with van der Waals surface area (Å²) in [7, 11) is 1.97. The van der Waals surface area contributed by atoms with Crippen LogP contribution in [0, 0.1) is 0 Å². The quantitative estimate of drug-likeness (QED) is 0.876. The fourth-order valence-corrected chi connectivity index (χ4v) is 2.54. The number of thiazole rings is 1. The second-order valence-electron chi connectivity index (χ2n) is 3.90. The first-order valence-electron chi connectivity index (χ1n) is 5.46. The van der Waals surface area contributed by atoms with Crippen molar-refractivity contribution < 1.29 is 0 Å². The molecule has 0 fully saturated rings. The Morgan fingerprint density at radius 1 is 1.31 bits per heavy atom. The Hall–Kier alpha value is -1.19. The molecule has 0 aliphatic rings. The topological polar surface area (TPSA) is 24.9 Å². The molecule has 1 heterocycles. The van der Waals surface area contributed by atoms with Gasteiger partial charge < -0.3 is 5.32 Å². The standard InChI is InChI=1S/C13H16N2S/c1-10(8-14-2)13-15-12(9-16-13)11-6-4-3-5-7-11/h3-7,9-10,14H,8H2,1-2H3. The molecule has 0 aliphatic carbocycles. The first-order valence-corrected chi connectivity index (χ1v) is 6.34. The minimum Gasteiger partial charge on any atom is -0.319 e. The number of aromatic nitrogens is 1. The van der Waals surface area contributed by atoms with Gasteiger partial charge in [0.2, 0.25) is 0 Å². The van der Waals surface area contributed by atoms with E-state index in [1.165, 1.54) is 10.6 Å². The van der Waals surface area contributed by atoms with Crippen LogP contribution in [0.4, 0.5) is 0 Å². The molecule has 0 aliphatic heterocycles. The Bertz CT molecular complexity index is 436. The predicted molar refractivity (Wildman–Crippen MR) is 69.9 cm³/mol. The number of hydrogen-bond donors (Lipinski definition) is 1. The molecule has 2 nitrogen and oxygen atoms in total. The average molecular weight is 232 g/mol. The summed E-state index contributed by atoms with van der Waals surface area (Å²) in [6.07, 6.45) is 0. The van der Waals surface area contributed by atoms with Gasteiger partial charge in [-0.1, -0.05) is 37.3 Å². The summed E-state index contributed by atoms with van der Waals surface area (Å²) in [5.74, 6) is 0.479. The highest BCUT2D eigenvalue weighted by Crippen LogP contribution is 2.25. The van der Waals surface area contributed by atoms with Gasteiger partial charge in [-0.05, 0) is 7.05 Å². The number of rotatable bonds is 4. The monoisotopic (exact) mass is 232 g/mol. The number of hydrogen-bond acceptors (Lipinski definition) is 3. The van der Waals surface area contributed by atoms with E-state index in [1.54, 1.807) is 11.3 Å². The minimum atomic E-state index is 0.479. The number of likely N-dealkylation sites (N-methyl/N-ethyl adjacent to an activating group) is 1. The Balaban J connectivity index is 2.20. The lowest BCUT2D eigenvalue weighted by atomic mass is 10.1. The van der Waals surface area contributed by atoms with Crippen molar-refractivity contribution in [3.05, 3.63) is 40.7 Å². The molecule has 1 unspecified atom stereocenters. The second-order valence-corrected chi connectivity index (χ2v) is 4.79. The Morgan fingerprint density at radius 2 is 2.06 bits per heavy atom.